The summed E-state index contributed by atoms with van der Waals surface area (Å²) in [6.45, 7) is 7.06. The van der Waals surface area contributed by atoms with Crippen molar-refractivity contribution >= 4 is 28.9 Å². The van der Waals surface area contributed by atoms with Crippen molar-refractivity contribution in [2.45, 2.75) is 13.8 Å². The average molecular weight is 501 g/mol. The summed E-state index contributed by atoms with van der Waals surface area (Å²) in [6.07, 6.45) is 0. The predicted octanol–water partition coefficient (Wildman–Crippen LogP) is 5.05. The molecule has 8 heteroatoms. The first kappa shape index (κ1) is 23.8. The van der Waals surface area contributed by atoms with Gasteiger partial charge in [-0.2, -0.15) is 5.10 Å². The zero-order valence-electron chi connectivity index (χ0n) is 20.4. The van der Waals surface area contributed by atoms with Gasteiger partial charge in [0.2, 0.25) is 0 Å². The van der Waals surface area contributed by atoms with Gasteiger partial charge in [-0.3, -0.25) is 4.79 Å². The van der Waals surface area contributed by atoms with E-state index in [1.807, 2.05) is 58.3 Å². The number of nitrogens with zero attached hydrogens (tertiary/aromatic N) is 4. The van der Waals surface area contributed by atoms with E-state index in [2.05, 4.69) is 34.3 Å². The van der Waals surface area contributed by atoms with E-state index in [-0.39, 0.29) is 11.6 Å². The van der Waals surface area contributed by atoms with E-state index >= 15 is 0 Å². The molecule has 0 bridgehead atoms. The second-order valence-corrected chi connectivity index (χ2v) is 9.58. The van der Waals surface area contributed by atoms with Gasteiger partial charge >= 0.3 is 5.97 Å². The van der Waals surface area contributed by atoms with Crippen LogP contribution < -0.4 is 4.90 Å². The van der Waals surface area contributed by atoms with Gasteiger partial charge < -0.3 is 14.5 Å². The third-order valence-corrected chi connectivity index (χ3v) is 7.22. The molecule has 36 heavy (non-hydrogen) atoms. The molecule has 3 heterocycles. The van der Waals surface area contributed by atoms with Gasteiger partial charge in [0.15, 0.2) is 5.69 Å². The Balaban J connectivity index is 1.36. The number of ether oxygens (including phenoxy) is 1. The number of hydrogen-bond acceptors (Lipinski definition) is 6. The van der Waals surface area contributed by atoms with Crippen LogP contribution in [0.25, 0.3) is 16.9 Å². The van der Waals surface area contributed by atoms with Crippen LogP contribution >= 0.6 is 11.3 Å². The number of aromatic nitrogens is 2. The fraction of sp³-hybridized carbons (Fsp3) is 0.250. The first-order valence-electron chi connectivity index (χ1n) is 12.1. The number of carbonyl (C=O) groups is 2. The van der Waals surface area contributed by atoms with Crippen LogP contribution in [0.1, 0.15) is 32.6 Å². The number of aryl methyl sites for hydroxylation is 1. The minimum absolute atomic E-state index is 0.113. The maximum atomic E-state index is 12.6. The highest BCUT2D eigenvalue weighted by Crippen LogP contribution is 2.28. The zero-order chi connectivity index (χ0) is 25.1. The number of carbonyl (C=O) groups excluding carboxylic acids is 2. The second kappa shape index (κ2) is 10.4. The van der Waals surface area contributed by atoms with Gasteiger partial charge in [0, 0.05) is 37.4 Å². The number of piperazine rings is 1. The van der Waals surface area contributed by atoms with Crippen LogP contribution in [0.5, 0.6) is 0 Å². The van der Waals surface area contributed by atoms with Gasteiger partial charge in [-0.25, -0.2) is 9.48 Å². The normalized spacial score (nSPS) is 13.6. The molecule has 1 saturated heterocycles. The largest absolute Gasteiger partial charge is 0.461 e. The summed E-state index contributed by atoms with van der Waals surface area (Å²) in [6, 6.07) is 21.8. The number of esters is 1. The Morgan fingerprint density at radius 3 is 2.39 bits per heavy atom. The van der Waals surface area contributed by atoms with E-state index < -0.39 is 5.97 Å². The van der Waals surface area contributed by atoms with Crippen LogP contribution in [-0.2, 0) is 4.74 Å². The maximum absolute atomic E-state index is 12.6. The third kappa shape index (κ3) is 4.77. The van der Waals surface area contributed by atoms with E-state index in [0.717, 1.165) is 46.2 Å². The van der Waals surface area contributed by atoms with Gasteiger partial charge in [-0.1, -0.05) is 36.4 Å². The molecule has 184 valence electrons. The summed E-state index contributed by atoms with van der Waals surface area (Å²) < 4.78 is 7.01. The van der Waals surface area contributed by atoms with Gasteiger partial charge in [0.25, 0.3) is 5.91 Å². The number of amides is 1. The van der Waals surface area contributed by atoms with Gasteiger partial charge in [-0.15, -0.1) is 11.3 Å². The van der Waals surface area contributed by atoms with Crippen molar-refractivity contribution in [2.75, 3.05) is 37.7 Å². The average Bonchev–Trinajstić information content (AvgIpc) is 3.60. The molecule has 1 fully saturated rings. The standard InChI is InChI=1S/C28H28N4O3S/c1-3-35-28(34)23-19-25(32(29-23)24-8-5-4-7-20(24)2)21-10-12-22(13-11-21)30-14-16-31(17-15-30)27(33)26-9-6-18-36-26/h4-13,18-19H,3,14-17H2,1-2H3. The lowest BCUT2D eigenvalue weighted by Crippen LogP contribution is -2.48. The summed E-state index contributed by atoms with van der Waals surface area (Å²) >= 11 is 1.49. The minimum atomic E-state index is -0.433. The number of hydrogen-bond donors (Lipinski definition) is 0. The van der Waals surface area contributed by atoms with Crippen LogP contribution in [0.4, 0.5) is 5.69 Å². The molecule has 1 aliphatic heterocycles. The fourth-order valence-electron chi connectivity index (χ4n) is 4.44. The highest BCUT2D eigenvalue weighted by molar-refractivity contribution is 7.12. The molecule has 7 nitrogen and oxygen atoms in total. The Morgan fingerprint density at radius 2 is 1.72 bits per heavy atom. The molecule has 0 aliphatic carbocycles. The fourth-order valence-corrected chi connectivity index (χ4v) is 5.13. The molecule has 2 aromatic heterocycles. The third-order valence-electron chi connectivity index (χ3n) is 6.36. The molecule has 2 aromatic carbocycles. The Kier molecular flexibility index (Phi) is 6.86. The Bertz CT molecular complexity index is 1350. The molecular formula is C28H28N4O3S. The molecule has 0 saturated carbocycles. The molecule has 5 rings (SSSR count). The number of anilines is 1. The number of para-hydroxylation sites is 1. The first-order valence-corrected chi connectivity index (χ1v) is 12.9. The van der Waals surface area contributed by atoms with Crippen molar-refractivity contribution in [1.82, 2.24) is 14.7 Å². The van der Waals surface area contributed by atoms with Gasteiger partial charge in [0.05, 0.1) is 22.9 Å². The maximum Gasteiger partial charge on any atom is 0.358 e. The van der Waals surface area contributed by atoms with Gasteiger partial charge in [-0.05, 0) is 55.1 Å². The van der Waals surface area contributed by atoms with E-state index in [0.29, 0.717) is 19.7 Å². The van der Waals surface area contributed by atoms with Crippen molar-refractivity contribution in [3.05, 3.63) is 88.2 Å². The van der Waals surface area contributed by atoms with Crippen molar-refractivity contribution < 1.29 is 14.3 Å². The predicted molar refractivity (Wildman–Crippen MR) is 142 cm³/mol. The molecule has 0 radical (unpaired) electrons. The first-order chi connectivity index (χ1) is 17.5. The summed E-state index contributed by atoms with van der Waals surface area (Å²) in [7, 11) is 0. The van der Waals surface area contributed by atoms with Crippen LogP contribution in [0.15, 0.2) is 72.1 Å². The monoisotopic (exact) mass is 500 g/mol. The molecule has 0 unspecified atom stereocenters. The lowest BCUT2D eigenvalue weighted by Gasteiger charge is -2.36. The van der Waals surface area contributed by atoms with Crippen molar-refractivity contribution in [3.8, 4) is 16.9 Å². The van der Waals surface area contributed by atoms with Crippen LogP contribution in [0.3, 0.4) is 0 Å². The Labute approximate surface area is 214 Å². The zero-order valence-corrected chi connectivity index (χ0v) is 21.2. The summed E-state index contributed by atoms with van der Waals surface area (Å²) in [5.41, 5.74) is 5.14. The number of benzene rings is 2. The van der Waals surface area contributed by atoms with E-state index in [1.54, 1.807) is 13.0 Å². The lowest BCUT2D eigenvalue weighted by molar-refractivity contribution is 0.0518. The lowest BCUT2D eigenvalue weighted by atomic mass is 10.1. The minimum Gasteiger partial charge on any atom is -0.461 e. The van der Waals surface area contributed by atoms with Crippen LogP contribution in [0.2, 0.25) is 0 Å². The Morgan fingerprint density at radius 1 is 0.972 bits per heavy atom. The molecule has 0 N–H and O–H groups in total. The molecule has 1 amide bonds. The molecule has 0 atom stereocenters. The number of rotatable bonds is 6. The van der Waals surface area contributed by atoms with E-state index in [9.17, 15) is 9.59 Å². The highest BCUT2D eigenvalue weighted by Gasteiger charge is 2.23. The smallest absolute Gasteiger partial charge is 0.358 e. The molecule has 4 aromatic rings. The van der Waals surface area contributed by atoms with Gasteiger partial charge in [0.1, 0.15) is 0 Å². The van der Waals surface area contributed by atoms with E-state index in [4.69, 9.17) is 4.74 Å². The highest BCUT2D eigenvalue weighted by atomic mass is 32.1. The van der Waals surface area contributed by atoms with Crippen molar-refractivity contribution in [1.29, 1.82) is 0 Å². The molecule has 0 spiro atoms. The van der Waals surface area contributed by atoms with Crippen LogP contribution in [-0.4, -0.2) is 59.3 Å². The summed E-state index contributed by atoms with van der Waals surface area (Å²) in [5.74, 6) is -0.320. The second-order valence-electron chi connectivity index (χ2n) is 8.64. The van der Waals surface area contributed by atoms with Crippen molar-refractivity contribution in [3.63, 3.8) is 0 Å². The quantitative estimate of drug-likeness (QED) is 0.347. The van der Waals surface area contributed by atoms with Crippen molar-refractivity contribution in [2.24, 2.45) is 0 Å². The van der Waals surface area contributed by atoms with Crippen LogP contribution in [0, 0.1) is 6.92 Å². The molecular weight excluding hydrogens is 472 g/mol. The van der Waals surface area contributed by atoms with E-state index in [1.165, 1.54) is 11.3 Å². The summed E-state index contributed by atoms with van der Waals surface area (Å²) in [5, 5.41) is 6.53. The summed E-state index contributed by atoms with van der Waals surface area (Å²) in [4.78, 5) is 30.1. The number of thiophene rings is 1. The Hall–Kier alpha value is -3.91. The molecule has 1 aliphatic rings. The topological polar surface area (TPSA) is 67.7 Å². The SMILES string of the molecule is CCOC(=O)c1cc(-c2ccc(N3CCN(C(=O)c4cccs4)CC3)cc2)n(-c2ccccc2C)n1.